The fourth-order valence-corrected chi connectivity index (χ4v) is 4.33. The summed E-state index contributed by atoms with van der Waals surface area (Å²) in [6, 6.07) is 6.19. The number of ether oxygens (including phenoxy) is 3. The summed E-state index contributed by atoms with van der Waals surface area (Å²) in [7, 11) is 1.70. The van der Waals surface area contributed by atoms with Crippen molar-refractivity contribution in [2.24, 2.45) is 0 Å². The number of hydrogen-bond donors (Lipinski definition) is 0. The molecule has 0 bridgehead atoms. The summed E-state index contributed by atoms with van der Waals surface area (Å²) in [5, 5.41) is 5.49. The molecule has 2 atom stereocenters. The molecule has 0 amide bonds. The van der Waals surface area contributed by atoms with Gasteiger partial charge in [0.2, 0.25) is 0 Å². The number of nitrogens with zero attached hydrogens (tertiary/aromatic N) is 5. The highest BCUT2D eigenvalue weighted by atomic mass is 16.5. The Morgan fingerprint density at radius 2 is 2.10 bits per heavy atom. The molecular formula is C22H27N5O3. The van der Waals surface area contributed by atoms with Crippen LogP contribution in [0.2, 0.25) is 0 Å². The molecule has 0 spiro atoms. The fourth-order valence-electron chi connectivity index (χ4n) is 4.33. The van der Waals surface area contributed by atoms with E-state index in [9.17, 15) is 0 Å². The molecule has 0 aromatic carbocycles. The molecule has 2 aliphatic rings. The monoisotopic (exact) mass is 409 g/mol. The predicted molar refractivity (Wildman–Crippen MR) is 114 cm³/mol. The maximum absolute atomic E-state index is 5.98. The highest BCUT2D eigenvalue weighted by Gasteiger charge is 2.25. The summed E-state index contributed by atoms with van der Waals surface area (Å²) < 4.78 is 19.3. The molecule has 2 unspecified atom stereocenters. The minimum absolute atomic E-state index is 0.0647. The lowest BCUT2D eigenvalue weighted by Crippen LogP contribution is -2.44. The SMILES string of the molecule is COc1cc(N2CCOCC2C)nc2c(-c3ccnn3C3CCCCO3)nccc12. The maximum Gasteiger partial charge on any atom is 0.150 e. The van der Waals surface area contributed by atoms with Crippen LogP contribution >= 0.6 is 0 Å². The molecule has 5 rings (SSSR count). The van der Waals surface area contributed by atoms with Gasteiger partial charge in [-0.3, -0.25) is 4.98 Å². The number of morpholine rings is 1. The summed E-state index contributed by atoms with van der Waals surface area (Å²) in [5.41, 5.74) is 2.51. The molecule has 8 nitrogen and oxygen atoms in total. The van der Waals surface area contributed by atoms with Gasteiger partial charge in [0.05, 0.1) is 32.1 Å². The van der Waals surface area contributed by atoms with Gasteiger partial charge in [0.15, 0.2) is 6.23 Å². The van der Waals surface area contributed by atoms with E-state index in [1.807, 2.05) is 22.9 Å². The van der Waals surface area contributed by atoms with Crippen LogP contribution in [0.15, 0.2) is 30.6 Å². The first kappa shape index (κ1) is 19.3. The lowest BCUT2D eigenvalue weighted by Gasteiger charge is -2.34. The van der Waals surface area contributed by atoms with E-state index in [1.165, 1.54) is 0 Å². The fraction of sp³-hybridized carbons (Fsp3) is 0.500. The third kappa shape index (κ3) is 3.40. The van der Waals surface area contributed by atoms with E-state index in [1.54, 1.807) is 19.5 Å². The summed E-state index contributed by atoms with van der Waals surface area (Å²) in [5.74, 6) is 1.67. The predicted octanol–water partition coefficient (Wildman–Crippen LogP) is 3.43. The average Bonchev–Trinajstić information content (AvgIpc) is 3.28. The van der Waals surface area contributed by atoms with E-state index in [0.29, 0.717) is 13.2 Å². The van der Waals surface area contributed by atoms with Crippen molar-refractivity contribution >= 4 is 16.7 Å². The second kappa shape index (κ2) is 8.20. The molecule has 5 heterocycles. The molecule has 8 heteroatoms. The lowest BCUT2D eigenvalue weighted by atomic mass is 10.1. The molecular weight excluding hydrogens is 382 g/mol. The number of methoxy groups -OCH3 is 1. The zero-order valence-electron chi connectivity index (χ0n) is 17.5. The molecule has 3 aromatic rings. The Morgan fingerprint density at radius 3 is 2.90 bits per heavy atom. The van der Waals surface area contributed by atoms with Crippen molar-refractivity contribution in [2.45, 2.75) is 38.5 Å². The standard InChI is InChI=1S/C22H27N5O3/c1-15-14-29-12-10-26(15)19-13-18(28-2)16-6-8-23-22(21(16)25-19)17-7-9-24-27(17)20-5-3-4-11-30-20/h6-9,13,15,20H,3-5,10-12,14H2,1-2H3. The third-order valence-electron chi connectivity index (χ3n) is 5.90. The first-order valence-corrected chi connectivity index (χ1v) is 10.6. The van der Waals surface area contributed by atoms with E-state index < -0.39 is 0 Å². The molecule has 2 fully saturated rings. The zero-order valence-corrected chi connectivity index (χ0v) is 17.5. The van der Waals surface area contributed by atoms with Gasteiger partial charge in [0, 0.05) is 37.0 Å². The average molecular weight is 409 g/mol. The lowest BCUT2D eigenvalue weighted by molar-refractivity contribution is -0.0383. The molecule has 0 aliphatic carbocycles. The van der Waals surface area contributed by atoms with Gasteiger partial charge < -0.3 is 19.1 Å². The van der Waals surface area contributed by atoms with Gasteiger partial charge in [0.1, 0.15) is 22.8 Å². The number of aromatic nitrogens is 4. The van der Waals surface area contributed by atoms with Crippen molar-refractivity contribution in [2.75, 3.05) is 38.4 Å². The van der Waals surface area contributed by atoms with Crippen LogP contribution in [0.1, 0.15) is 32.4 Å². The van der Waals surface area contributed by atoms with E-state index in [4.69, 9.17) is 24.2 Å². The van der Waals surface area contributed by atoms with Crippen molar-refractivity contribution in [1.29, 1.82) is 0 Å². The van der Waals surface area contributed by atoms with E-state index >= 15 is 0 Å². The van der Waals surface area contributed by atoms with E-state index in [-0.39, 0.29) is 12.3 Å². The Labute approximate surface area is 175 Å². The van der Waals surface area contributed by atoms with Gasteiger partial charge in [-0.2, -0.15) is 5.10 Å². The molecule has 30 heavy (non-hydrogen) atoms. The number of anilines is 1. The van der Waals surface area contributed by atoms with Crippen LogP contribution in [0.25, 0.3) is 22.3 Å². The van der Waals surface area contributed by atoms with Gasteiger partial charge in [-0.05, 0) is 38.3 Å². The Kier molecular flexibility index (Phi) is 5.26. The van der Waals surface area contributed by atoms with Crippen LogP contribution < -0.4 is 9.64 Å². The van der Waals surface area contributed by atoms with Crippen LogP contribution in [-0.2, 0) is 9.47 Å². The van der Waals surface area contributed by atoms with Crippen LogP contribution in [0.4, 0.5) is 5.82 Å². The van der Waals surface area contributed by atoms with Gasteiger partial charge >= 0.3 is 0 Å². The molecule has 3 aromatic heterocycles. The molecule has 0 saturated carbocycles. The van der Waals surface area contributed by atoms with Crippen molar-refractivity contribution in [3.63, 3.8) is 0 Å². The first-order valence-electron chi connectivity index (χ1n) is 10.6. The maximum atomic E-state index is 5.98. The summed E-state index contributed by atoms with van der Waals surface area (Å²) in [6.07, 6.45) is 6.73. The summed E-state index contributed by atoms with van der Waals surface area (Å²) in [6.45, 7) is 5.09. The topological polar surface area (TPSA) is 74.5 Å². The smallest absolute Gasteiger partial charge is 0.150 e. The van der Waals surface area contributed by atoms with Gasteiger partial charge in [-0.25, -0.2) is 9.67 Å². The molecule has 0 N–H and O–H groups in total. The largest absolute Gasteiger partial charge is 0.496 e. The Balaban J connectivity index is 1.65. The minimum atomic E-state index is -0.0647. The zero-order chi connectivity index (χ0) is 20.5. The van der Waals surface area contributed by atoms with Gasteiger partial charge in [0.25, 0.3) is 0 Å². The molecule has 0 radical (unpaired) electrons. The normalized spacial score (nSPS) is 22.4. The van der Waals surface area contributed by atoms with Crippen molar-refractivity contribution in [1.82, 2.24) is 19.7 Å². The van der Waals surface area contributed by atoms with Crippen LogP contribution in [0.5, 0.6) is 5.75 Å². The van der Waals surface area contributed by atoms with Crippen LogP contribution in [0.3, 0.4) is 0 Å². The Hall–Kier alpha value is -2.71. The highest BCUT2D eigenvalue weighted by molar-refractivity contribution is 5.95. The minimum Gasteiger partial charge on any atom is -0.496 e. The van der Waals surface area contributed by atoms with Crippen molar-refractivity contribution < 1.29 is 14.2 Å². The second-order valence-electron chi connectivity index (χ2n) is 7.84. The van der Waals surface area contributed by atoms with Crippen LogP contribution in [0, 0.1) is 0 Å². The highest BCUT2D eigenvalue weighted by Crippen LogP contribution is 2.36. The number of pyridine rings is 2. The third-order valence-corrected chi connectivity index (χ3v) is 5.90. The van der Waals surface area contributed by atoms with Crippen molar-refractivity contribution in [3.05, 3.63) is 30.6 Å². The van der Waals surface area contributed by atoms with Crippen LogP contribution in [-0.4, -0.2) is 59.3 Å². The molecule has 2 saturated heterocycles. The first-order chi connectivity index (χ1) is 14.8. The second-order valence-corrected chi connectivity index (χ2v) is 7.84. The van der Waals surface area contributed by atoms with Crippen molar-refractivity contribution in [3.8, 4) is 17.1 Å². The number of hydrogen-bond acceptors (Lipinski definition) is 7. The number of rotatable bonds is 4. The van der Waals surface area contributed by atoms with Gasteiger partial charge in [-0.1, -0.05) is 0 Å². The molecule has 158 valence electrons. The molecule has 2 aliphatic heterocycles. The van der Waals surface area contributed by atoms with Gasteiger partial charge in [-0.15, -0.1) is 0 Å². The quantitative estimate of drug-likeness (QED) is 0.653. The van der Waals surface area contributed by atoms with E-state index in [0.717, 1.165) is 66.3 Å². The summed E-state index contributed by atoms with van der Waals surface area (Å²) in [4.78, 5) is 12.0. The van der Waals surface area contributed by atoms with E-state index in [2.05, 4.69) is 16.9 Å². The Bertz CT molecular complexity index is 1030. The Morgan fingerprint density at radius 1 is 1.17 bits per heavy atom. The number of fused-ring (bicyclic) bond motifs is 1. The summed E-state index contributed by atoms with van der Waals surface area (Å²) >= 11 is 0.